The van der Waals surface area contributed by atoms with Crippen LogP contribution < -0.4 is 14.8 Å². The molecule has 1 N–H and O–H groups in total. The second kappa shape index (κ2) is 8.82. The number of amides is 1. The molecule has 1 saturated carbocycles. The van der Waals surface area contributed by atoms with Crippen molar-refractivity contribution in [3.63, 3.8) is 0 Å². The molecule has 116 valence electrons. The van der Waals surface area contributed by atoms with Gasteiger partial charge in [-0.05, 0) is 25.0 Å². The first kappa shape index (κ1) is 16.0. The molecule has 0 unspecified atom stereocenters. The summed E-state index contributed by atoms with van der Waals surface area (Å²) in [4.78, 5) is 11.7. The minimum absolute atomic E-state index is 0.0223. The SMILES string of the molecule is COc1ccccc1OCC(=O)NCCSC1CCCC1. The summed E-state index contributed by atoms with van der Waals surface area (Å²) >= 11 is 1.97. The Balaban J connectivity index is 1.60. The standard InChI is InChI=1S/C16H23NO3S/c1-19-14-8-4-5-9-15(14)20-12-16(18)17-10-11-21-13-6-2-3-7-13/h4-5,8-9,13H,2-3,6-7,10-12H2,1H3,(H,17,18). The van der Waals surface area contributed by atoms with E-state index in [9.17, 15) is 4.79 Å². The smallest absolute Gasteiger partial charge is 0.257 e. The number of nitrogens with one attached hydrogen (secondary N) is 1. The van der Waals surface area contributed by atoms with E-state index in [1.807, 2.05) is 30.0 Å². The number of carbonyl (C=O) groups is 1. The van der Waals surface area contributed by atoms with Crippen molar-refractivity contribution in [2.75, 3.05) is 26.0 Å². The van der Waals surface area contributed by atoms with E-state index in [1.54, 1.807) is 13.2 Å². The van der Waals surface area contributed by atoms with Gasteiger partial charge in [0.05, 0.1) is 7.11 Å². The lowest BCUT2D eigenvalue weighted by atomic mass is 10.3. The van der Waals surface area contributed by atoms with Crippen LogP contribution >= 0.6 is 11.8 Å². The molecule has 2 rings (SSSR count). The van der Waals surface area contributed by atoms with Crippen LogP contribution in [0.25, 0.3) is 0 Å². The molecule has 0 bridgehead atoms. The number of hydrogen-bond acceptors (Lipinski definition) is 4. The largest absolute Gasteiger partial charge is 0.493 e. The molecule has 5 heteroatoms. The molecule has 0 aliphatic heterocycles. The fourth-order valence-electron chi connectivity index (χ4n) is 2.40. The number of para-hydroxylation sites is 2. The zero-order valence-corrected chi connectivity index (χ0v) is 13.3. The molecular formula is C16H23NO3S. The minimum Gasteiger partial charge on any atom is -0.493 e. The number of thioether (sulfide) groups is 1. The number of rotatable bonds is 8. The Kier molecular flexibility index (Phi) is 6.73. The van der Waals surface area contributed by atoms with Gasteiger partial charge in [-0.3, -0.25) is 4.79 Å². The molecule has 0 spiro atoms. The molecule has 0 atom stereocenters. The van der Waals surface area contributed by atoms with Crippen molar-refractivity contribution in [2.45, 2.75) is 30.9 Å². The first-order valence-corrected chi connectivity index (χ1v) is 8.48. The Morgan fingerprint density at radius 1 is 1.29 bits per heavy atom. The van der Waals surface area contributed by atoms with E-state index in [0.717, 1.165) is 11.0 Å². The molecule has 1 fully saturated rings. The van der Waals surface area contributed by atoms with E-state index in [-0.39, 0.29) is 12.5 Å². The maximum Gasteiger partial charge on any atom is 0.257 e. The van der Waals surface area contributed by atoms with Gasteiger partial charge in [-0.25, -0.2) is 0 Å². The van der Waals surface area contributed by atoms with E-state index in [1.165, 1.54) is 25.7 Å². The van der Waals surface area contributed by atoms with Gasteiger partial charge in [0.25, 0.3) is 5.91 Å². The number of carbonyl (C=O) groups excluding carboxylic acids is 1. The van der Waals surface area contributed by atoms with Gasteiger partial charge in [-0.15, -0.1) is 0 Å². The second-order valence-electron chi connectivity index (χ2n) is 5.07. The normalized spacial score (nSPS) is 14.9. The predicted octanol–water partition coefficient (Wildman–Crippen LogP) is 2.87. The average molecular weight is 309 g/mol. The number of methoxy groups -OCH3 is 1. The highest BCUT2D eigenvalue weighted by atomic mass is 32.2. The van der Waals surface area contributed by atoms with Crippen LogP contribution in [0.15, 0.2) is 24.3 Å². The second-order valence-corrected chi connectivity index (χ2v) is 6.47. The molecule has 0 heterocycles. The Bertz CT molecular complexity index is 447. The molecule has 1 amide bonds. The summed E-state index contributed by atoms with van der Waals surface area (Å²) in [7, 11) is 1.59. The van der Waals surface area contributed by atoms with Crippen LogP contribution in [0.3, 0.4) is 0 Å². The summed E-state index contributed by atoms with van der Waals surface area (Å²) in [6, 6.07) is 7.33. The summed E-state index contributed by atoms with van der Waals surface area (Å²) < 4.78 is 10.6. The van der Waals surface area contributed by atoms with Gasteiger partial charge in [0.15, 0.2) is 18.1 Å². The first-order valence-electron chi connectivity index (χ1n) is 7.43. The lowest BCUT2D eigenvalue weighted by molar-refractivity contribution is -0.122. The fourth-order valence-corrected chi connectivity index (χ4v) is 3.62. The Labute approximate surface area is 130 Å². The quantitative estimate of drug-likeness (QED) is 0.750. The molecule has 1 aromatic carbocycles. The number of ether oxygens (including phenoxy) is 2. The molecule has 0 aromatic heterocycles. The lowest BCUT2D eigenvalue weighted by Crippen LogP contribution is -2.31. The molecule has 4 nitrogen and oxygen atoms in total. The van der Waals surface area contributed by atoms with Crippen LogP contribution in [0.5, 0.6) is 11.5 Å². The van der Waals surface area contributed by atoms with Gasteiger partial charge < -0.3 is 14.8 Å². The fraction of sp³-hybridized carbons (Fsp3) is 0.562. The van der Waals surface area contributed by atoms with Crippen LogP contribution in [0.1, 0.15) is 25.7 Å². The zero-order chi connectivity index (χ0) is 14.9. The summed E-state index contributed by atoms with van der Waals surface area (Å²) in [5.74, 6) is 2.12. The highest BCUT2D eigenvalue weighted by Crippen LogP contribution is 2.29. The number of hydrogen-bond donors (Lipinski definition) is 1. The Morgan fingerprint density at radius 2 is 2.00 bits per heavy atom. The average Bonchev–Trinajstić information content (AvgIpc) is 3.03. The van der Waals surface area contributed by atoms with E-state index in [2.05, 4.69) is 5.32 Å². The summed E-state index contributed by atoms with van der Waals surface area (Å²) in [5, 5.41) is 3.69. The van der Waals surface area contributed by atoms with Gasteiger partial charge >= 0.3 is 0 Å². The summed E-state index contributed by atoms with van der Waals surface area (Å²) in [5.41, 5.74) is 0. The van der Waals surface area contributed by atoms with Crippen LogP contribution in [-0.4, -0.2) is 37.2 Å². The topological polar surface area (TPSA) is 47.6 Å². The lowest BCUT2D eigenvalue weighted by Gasteiger charge is -2.11. The zero-order valence-electron chi connectivity index (χ0n) is 12.5. The molecule has 21 heavy (non-hydrogen) atoms. The van der Waals surface area contributed by atoms with Crippen LogP contribution in [0.4, 0.5) is 0 Å². The van der Waals surface area contributed by atoms with Gasteiger partial charge in [0.1, 0.15) is 0 Å². The van der Waals surface area contributed by atoms with E-state index in [0.29, 0.717) is 18.0 Å². The maximum absolute atomic E-state index is 11.7. The number of benzene rings is 1. The Hall–Kier alpha value is -1.36. The monoisotopic (exact) mass is 309 g/mol. The van der Waals surface area contributed by atoms with Crippen molar-refractivity contribution in [1.29, 1.82) is 0 Å². The van der Waals surface area contributed by atoms with Crippen molar-refractivity contribution in [3.8, 4) is 11.5 Å². The van der Waals surface area contributed by atoms with Crippen molar-refractivity contribution >= 4 is 17.7 Å². The van der Waals surface area contributed by atoms with Crippen molar-refractivity contribution in [2.24, 2.45) is 0 Å². The van der Waals surface area contributed by atoms with Gasteiger partial charge in [-0.2, -0.15) is 11.8 Å². The van der Waals surface area contributed by atoms with Crippen LogP contribution in [0, 0.1) is 0 Å². The predicted molar refractivity (Wildman–Crippen MR) is 86.2 cm³/mol. The third-order valence-electron chi connectivity index (χ3n) is 3.51. The molecule has 0 radical (unpaired) electrons. The molecule has 1 aromatic rings. The highest BCUT2D eigenvalue weighted by molar-refractivity contribution is 7.99. The van der Waals surface area contributed by atoms with Gasteiger partial charge in [0.2, 0.25) is 0 Å². The van der Waals surface area contributed by atoms with Gasteiger partial charge in [-0.1, -0.05) is 25.0 Å². The molecule has 1 aliphatic carbocycles. The maximum atomic E-state index is 11.7. The molecular weight excluding hydrogens is 286 g/mol. The van der Waals surface area contributed by atoms with Crippen LogP contribution in [0.2, 0.25) is 0 Å². The summed E-state index contributed by atoms with van der Waals surface area (Å²) in [6.07, 6.45) is 5.37. The van der Waals surface area contributed by atoms with Crippen molar-refractivity contribution in [1.82, 2.24) is 5.32 Å². The van der Waals surface area contributed by atoms with E-state index in [4.69, 9.17) is 9.47 Å². The van der Waals surface area contributed by atoms with E-state index < -0.39 is 0 Å². The minimum atomic E-state index is -0.0899. The third-order valence-corrected chi connectivity index (χ3v) is 4.89. The third kappa shape index (κ3) is 5.50. The molecule has 1 aliphatic rings. The van der Waals surface area contributed by atoms with E-state index >= 15 is 0 Å². The van der Waals surface area contributed by atoms with Gasteiger partial charge in [0, 0.05) is 17.5 Å². The summed E-state index contributed by atoms with van der Waals surface area (Å²) in [6.45, 7) is 0.726. The van der Waals surface area contributed by atoms with Crippen LogP contribution in [-0.2, 0) is 4.79 Å². The highest BCUT2D eigenvalue weighted by Gasteiger charge is 2.14. The van der Waals surface area contributed by atoms with Crippen molar-refractivity contribution < 1.29 is 14.3 Å². The first-order chi connectivity index (χ1) is 10.3. The van der Waals surface area contributed by atoms with Crippen molar-refractivity contribution in [3.05, 3.63) is 24.3 Å². The Morgan fingerprint density at radius 3 is 2.71 bits per heavy atom. The molecule has 0 saturated heterocycles.